The lowest BCUT2D eigenvalue weighted by Crippen LogP contribution is -2.22. The molecule has 1 N–H and O–H groups in total. The van der Waals surface area contributed by atoms with E-state index in [-0.39, 0.29) is 12.5 Å². The van der Waals surface area contributed by atoms with Crippen molar-refractivity contribution < 1.29 is 14.1 Å². The Labute approximate surface area is 102 Å². The maximum absolute atomic E-state index is 11.6. The molecular weight excluding hydrogens is 242 g/mol. The Morgan fingerprint density at radius 2 is 2.41 bits per heavy atom. The molecule has 2 heterocycles. The van der Waals surface area contributed by atoms with E-state index in [2.05, 4.69) is 14.8 Å². The van der Waals surface area contributed by atoms with Gasteiger partial charge in [-0.2, -0.15) is 4.37 Å². The number of nitrogens with zero attached hydrogens (tertiary/aromatic N) is 2. The van der Waals surface area contributed by atoms with E-state index < -0.39 is 0 Å². The van der Waals surface area contributed by atoms with E-state index >= 15 is 0 Å². The van der Waals surface area contributed by atoms with E-state index in [9.17, 15) is 4.79 Å². The van der Waals surface area contributed by atoms with Crippen molar-refractivity contribution in [1.29, 1.82) is 0 Å². The number of ether oxygens (including phenoxy) is 1. The minimum atomic E-state index is -0.232. The third-order valence-corrected chi connectivity index (χ3v) is 2.72. The van der Waals surface area contributed by atoms with Crippen molar-refractivity contribution in [2.24, 2.45) is 0 Å². The Balaban J connectivity index is 1.92. The fourth-order valence-electron chi connectivity index (χ4n) is 1.20. The summed E-state index contributed by atoms with van der Waals surface area (Å²) in [6, 6.07) is 3.35. The first-order valence-corrected chi connectivity index (χ1v) is 5.67. The van der Waals surface area contributed by atoms with Gasteiger partial charge in [-0.25, -0.2) is 0 Å². The van der Waals surface area contributed by atoms with Gasteiger partial charge in [-0.1, -0.05) is 0 Å². The SMILES string of the molecule is COc1cc(CNC(=O)c2cc(C)sn2)on1. The lowest BCUT2D eigenvalue weighted by Gasteiger charge is -1.98. The minimum Gasteiger partial charge on any atom is -0.479 e. The molecule has 2 aromatic heterocycles. The molecule has 0 aliphatic carbocycles. The van der Waals surface area contributed by atoms with E-state index in [1.54, 1.807) is 12.1 Å². The molecule has 7 heteroatoms. The van der Waals surface area contributed by atoms with Gasteiger partial charge in [-0.3, -0.25) is 4.79 Å². The number of aryl methyl sites for hydroxylation is 1. The highest BCUT2D eigenvalue weighted by Crippen LogP contribution is 2.11. The lowest BCUT2D eigenvalue weighted by atomic mass is 10.3. The summed E-state index contributed by atoms with van der Waals surface area (Å²) in [6.07, 6.45) is 0. The van der Waals surface area contributed by atoms with Crippen LogP contribution >= 0.6 is 11.5 Å². The second-order valence-corrected chi connectivity index (χ2v) is 4.35. The molecule has 90 valence electrons. The van der Waals surface area contributed by atoms with Crippen molar-refractivity contribution in [3.8, 4) is 5.88 Å². The third kappa shape index (κ3) is 2.82. The highest BCUT2D eigenvalue weighted by atomic mass is 32.1. The summed E-state index contributed by atoms with van der Waals surface area (Å²) in [4.78, 5) is 12.6. The van der Waals surface area contributed by atoms with Crippen LogP contribution < -0.4 is 10.1 Å². The average molecular weight is 253 g/mol. The molecule has 0 saturated heterocycles. The van der Waals surface area contributed by atoms with Crippen LogP contribution in [0.1, 0.15) is 21.1 Å². The van der Waals surface area contributed by atoms with Crippen LogP contribution in [0.4, 0.5) is 0 Å². The first-order chi connectivity index (χ1) is 8.19. The number of nitrogens with one attached hydrogen (secondary N) is 1. The molecule has 17 heavy (non-hydrogen) atoms. The van der Waals surface area contributed by atoms with Crippen molar-refractivity contribution in [2.75, 3.05) is 7.11 Å². The number of methoxy groups -OCH3 is 1. The van der Waals surface area contributed by atoms with Gasteiger partial charge in [0.05, 0.1) is 13.7 Å². The second-order valence-electron chi connectivity index (χ2n) is 3.34. The zero-order valence-corrected chi connectivity index (χ0v) is 10.2. The van der Waals surface area contributed by atoms with Crippen molar-refractivity contribution in [3.63, 3.8) is 0 Å². The molecule has 6 nitrogen and oxygen atoms in total. The molecule has 2 rings (SSSR count). The Morgan fingerprint density at radius 3 is 3.00 bits per heavy atom. The second kappa shape index (κ2) is 4.96. The molecule has 0 radical (unpaired) electrons. The topological polar surface area (TPSA) is 77.2 Å². The van der Waals surface area contributed by atoms with E-state index in [1.807, 2.05) is 6.92 Å². The number of carbonyl (C=O) groups is 1. The molecule has 0 aromatic carbocycles. The third-order valence-electron chi connectivity index (χ3n) is 2.03. The largest absolute Gasteiger partial charge is 0.479 e. The molecule has 0 bridgehead atoms. The van der Waals surface area contributed by atoms with Gasteiger partial charge in [0.2, 0.25) is 0 Å². The molecule has 0 atom stereocenters. The van der Waals surface area contributed by atoms with E-state index in [0.717, 1.165) is 4.88 Å². The van der Waals surface area contributed by atoms with Crippen LogP contribution in [0.3, 0.4) is 0 Å². The van der Waals surface area contributed by atoms with Crippen LogP contribution in [-0.4, -0.2) is 22.5 Å². The number of rotatable bonds is 4. The standard InChI is InChI=1S/C10H11N3O3S/c1-6-3-8(13-17-6)10(14)11-5-7-4-9(15-2)12-16-7/h3-4H,5H2,1-2H3,(H,11,14). The number of aromatic nitrogens is 2. The van der Waals surface area contributed by atoms with Crippen molar-refractivity contribution in [2.45, 2.75) is 13.5 Å². The predicted molar refractivity (Wildman–Crippen MR) is 61.1 cm³/mol. The summed E-state index contributed by atoms with van der Waals surface area (Å²) in [6.45, 7) is 2.15. The van der Waals surface area contributed by atoms with Crippen molar-refractivity contribution >= 4 is 17.4 Å². The lowest BCUT2D eigenvalue weighted by molar-refractivity contribution is 0.0943. The molecule has 0 spiro atoms. The fourth-order valence-corrected chi connectivity index (χ4v) is 1.75. The van der Waals surface area contributed by atoms with Crippen LogP contribution in [0, 0.1) is 6.92 Å². The summed E-state index contributed by atoms with van der Waals surface area (Å²) in [5.41, 5.74) is 0.416. The molecule has 0 aliphatic heterocycles. The molecular formula is C10H11N3O3S. The zero-order chi connectivity index (χ0) is 12.3. The molecule has 0 aliphatic rings. The van der Waals surface area contributed by atoms with E-state index in [0.29, 0.717) is 17.3 Å². The predicted octanol–water partition coefficient (Wildman–Crippen LogP) is 1.38. The monoisotopic (exact) mass is 253 g/mol. The average Bonchev–Trinajstić information content (AvgIpc) is 2.94. The highest BCUT2D eigenvalue weighted by Gasteiger charge is 2.10. The smallest absolute Gasteiger partial charge is 0.271 e. The molecule has 0 saturated carbocycles. The van der Waals surface area contributed by atoms with Gasteiger partial charge >= 0.3 is 0 Å². The first kappa shape index (κ1) is 11.6. The Bertz CT molecular complexity index is 520. The Hall–Kier alpha value is -1.89. The molecule has 2 aromatic rings. The zero-order valence-electron chi connectivity index (χ0n) is 9.39. The van der Waals surface area contributed by atoms with Crippen LogP contribution in [0.2, 0.25) is 0 Å². The van der Waals surface area contributed by atoms with E-state index in [1.165, 1.54) is 18.6 Å². The normalized spacial score (nSPS) is 10.2. The number of hydrogen-bond acceptors (Lipinski definition) is 6. The number of amides is 1. The quantitative estimate of drug-likeness (QED) is 0.890. The summed E-state index contributed by atoms with van der Waals surface area (Å²) >= 11 is 1.30. The van der Waals surface area contributed by atoms with Gasteiger partial charge < -0.3 is 14.6 Å². The maximum Gasteiger partial charge on any atom is 0.271 e. The fraction of sp³-hybridized carbons (Fsp3) is 0.300. The summed E-state index contributed by atoms with van der Waals surface area (Å²) in [7, 11) is 1.50. The van der Waals surface area contributed by atoms with Gasteiger partial charge in [0.15, 0.2) is 5.76 Å². The van der Waals surface area contributed by atoms with Crippen LogP contribution in [0.5, 0.6) is 5.88 Å². The van der Waals surface area contributed by atoms with Gasteiger partial charge in [0.25, 0.3) is 11.8 Å². The van der Waals surface area contributed by atoms with Gasteiger partial charge in [-0.15, -0.1) is 0 Å². The number of carbonyl (C=O) groups excluding carboxylic acids is 1. The molecule has 1 amide bonds. The summed E-state index contributed by atoms with van der Waals surface area (Å²) < 4.78 is 13.8. The molecule has 0 fully saturated rings. The van der Waals surface area contributed by atoms with E-state index in [4.69, 9.17) is 9.26 Å². The Kier molecular flexibility index (Phi) is 3.38. The molecule has 0 unspecified atom stereocenters. The van der Waals surface area contributed by atoms with Gasteiger partial charge in [0, 0.05) is 10.9 Å². The first-order valence-electron chi connectivity index (χ1n) is 4.90. The van der Waals surface area contributed by atoms with Gasteiger partial charge in [0.1, 0.15) is 5.69 Å². The van der Waals surface area contributed by atoms with Crippen molar-refractivity contribution in [1.82, 2.24) is 14.8 Å². The highest BCUT2D eigenvalue weighted by molar-refractivity contribution is 7.05. The van der Waals surface area contributed by atoms with Crippen LogP contribution in [-0.2, 0) is 6.54 Å². The van der Waals surface area contributed by atoms with Crippen LogP contribution in [0.15, 0.2) is 16.7 Å². The maximum atomic E-state index is 11.6. The van der Waals surface area contributed by atoms with Gasteiger partial charge in [-0.05, 0) is 29.7 Å². The van der Waals surface area contributed by atoms with Crippen molar-refractivity contribution in [3.05, 3.63) is 28.5 Å². The Morgan fingerprint density at radius 1 is 1.59 bits per heavy atom. The summed E-state index contributed by atoms with van der Waals surface area (Å²) in [5.74, 6) is 0.686. The van der Waals surface area contributed by atoms with Crippen LogP contribution in [0.25, 0.3) is 0 Å². The summed E-state index contributed by atoms with van der Waals surface area (Å²) in [5, 5.41) is 6.31. The number of hydrogen-bond donors (Lipinski definition) is 1. The minimum absolute atomic E-state index is 0.232.